The van der Waals surface area contributed by atoms with Crippen LogP contribution in [0.5, 0.6) is 5.88 Å². The number of rotatable bonds is 6. The van der Waals surface area contributed by atoms with Crippen LogP contribution < -0.4 is 9.64 Å². The topological polar surface area (TPSA) is 61.7 Å². The summed E-state index contributed by atoms with van der Waals surface area (Å²) in [5.41, 5.74) is 0.773. The van der Waals surface area contributed by atoms with E-state index in [1.54, 1.807) is 32.4 Å². The molecule has 174 valence electrons. The van der Waals surface area contributed by atoms with Gasteiger partial charge in [0.1, 0.15) is 5.60 Å². The molecule has 1 aliphatic heterocycles. The van der Waals surface area contributed by atoms with Gasteiger partial charge in [-0.15, -0.1) is 0 Å². The van der Waals surface area contributed by atoms with Crippen LogP contribution in [0.15, 0.2) is 54.7 Å². The molecule has 1 aromatic heterocycles. The fraction of sp³-hybridized carbons (Fsp3) is 0.333. The molecule has 9 heteroatoms. The van der Waals surface area contributed by atoms with E-state index in [9.17, 15) is 5.11 Å². The normalized spacial score (nSPS) is 18.7. The molecule has 4 rings (SSSR count). The van der Waals surface area contributed by atoms with Gasteiger partial charge in [0.15, 0.2) is 5.82 Å². The summed E-state index contributed by atoms with van der Waals surface area (Å²) in [6.07, 6.45) is 1.59. The molecule has 2 aromatic carbocycles. The van der Waals surface area contributed by atoms with Crippen LogP contribution in [-0.2, 0) is 5.60 Å². The van der Waals surface area contributed by atoms with Gasteiger partial charge in [-0.25, -0.2) is 4.98 Å². The smallest absolute Gasteiger partial charge is 0.216 e. The first-order valence-electron chi connectivity index (χ1n) is 10.6. The minimum atomic E-state index is -1.25. The monoisotopic (exact) mass is 506 g/mol. The van der Waals surface area contributed by atoms with Crippen LogP contribution >= 0.6 is 34.8 Å². The van der Waals surface area contributed by atoms with Gasteiger partial charge < -0.3 is 14.7 Å². The first-order chi connectivity index (χ1) is 15.8. The Bertz CT molecular complexity index is 1110. The Kier molecular flexibility index (Phi) is 7.31. The summed E-state index contributed by atoms with van der Waals surface area (Å²) in [7, 11) is 1.54. The molecule has 0 aliphatic carbocycles. The molecule has 1 aliphatic rings. The van der Waals surface area contributed by atoms with Gasteiger partial charge in [0.25, 0.3) is 0 Å². The zero-order chi connectivity index (χ0) is 23.6. The van der Waals surface area contributed by atoms with Crippen LogP contribution in [0, 0.1) is 0 Å². The number of nitrogens with zero attached hydrogens (tertiary/aromatic N) is 4. The van der Waals surface area contributed by atoms with E-state index in [1.807, 2.05) is 36.4 Å². The average Bonchev–Trinajstić information content (AvgIpc) is 2.80. The minimum absolute atomic E-state index is 0.00304. The Balaban J connectivity index is 1.61. The standard InChI is InChI=1S/C24H25Cl3N4O2/c1-24(32,23-28-10-9-22(29-23)33-2)15-30-11-12-31(20-8-7-18(26)13-19(20)27)21(14-30)16-3-5-17(25)6-4-16/h3-10,13,21,32H,11-12,14-15H2,1-2H3/t21-,24+/m0/s1. The van der Waals surface area contributed by atoms with Crippen molar-refractivity contribution in [2.24, 2.45) is 0 Å². The molecule has 3 aromatic rings. The maximum Gasteiger partial charge on any atom is 0.216 e. The zero-order valence-corrected chi connectivity index (χ0v) is 20.6. The SMILES string of the molecule is COc1ccnc([C@](C)(O)CN2CCN(c3ccc(Cl)cc3Cl)[C@H](c3ccc(Cl)cc3)C2)n1. The Hall–Kier alpha value is -2.09. The Morgan fingerprint density at radius 1 is 1.06 bits per heavy atom. The van der Waals surface area contributed by atoms with E-state index in [1.165, 1.54) is 0 Å². The second kappa shape index (κ2) is 10.0. The highest BCUT2D eigenvalue weighted by molar-refractivity contribution is 6.36. The largest absolute Gasteiger partial charge is 0.481 e. The van der Waals surface area contributed by atoms with E-state index in [2.05, 4.69) is 19.8 Å². The van der Waals surface area contributed by atoms with Crippen molar-refractivity contribution >= 4 is 40.5 Å². The first-order valence-corrected chi connectivity index (χ1v) is 11.7. The van der Waals surface area contributed by atoms with Gasteiger partial charge in [0.05, 0.1) is 23.9 Å². The molecule has 0 bridgehead atoms. The number of benzene rings is 2. The third-order valence-electron chi connectivity index (χ3n) is 5.79. The lowest BCUT2D eigenvalue weighted by atomic mass is 9.99. The summed E-state index contributed by atoms with van der Waals surface area (Å²) in [5.74, 6) is 0.745. The molecular formula is C24H25Cl3N4O2. The van der Waals surface area contributed by atoms with E-state index < -0.39 is 5.60 Å². The summed E-state index contributed by atoms with van der Waals surface area (Å²) in [6.45, 7) is 4.20. The molecule has 0 unspecified atom stereocenters. The van der Waals surface area contributed by atoms with Crippen LogP contribution in [0.2, 0.25) is 15.1 Å². The highest BCUT2D eigenvalue weighted by Crippen LogP contribution is 2.37. The average molecular weight is 508 g/mol. The predicted octanol–water partition coefficient (Wildman–Crippen LogP) is 5.22. The van der Waals surface area contributed by atoms with Crippen molar-refractivity contribution in [3.05, 3.63) is 81.2 Å². The molecule has 0 spiro atoms. The molecular weight excluding hydrogens is 483 g/mol. The molecule has 2 heterocycles. The van der Waals surface area contributed by atoms with Crippen molar-refractivity contribution in [2.45, 2.75) is 18.6 Å². The van der Waals surface area contributed by atoms with Crippen LogP contribution in [-0.4, -0.2) is 53.3 Å². The first kappa shape index (κ1) is 24.0. The van der Waals surface area contributed by atoms with Crippen molar-refractivity contribution in [3.63, 3.8) is 0 Å². The van der Waals surface area contributed by atoms with E-state index in [0.29, 0.717) is 46.4 Å². The lowest BCUT2D eigenvalue weighted by Crippen LogP contribution is -2.52. The van der Waals surface area contributed by atoms with Crippen LogP contribution in [0.4, 0.5) is 5.69 Å². The van der Waals surface area contributed by atoms with Crippen LogP contribution in [0.1, 0.15) is 24.4 Å². The number of ether oxygens (including phenoxy) is 1. The fourth-order valence-corrected chi connectivity index (χ4v) is 4.82. The molecule has 33 heavy (non-hydrogen) atoms. The molecule has 1 N–H and O–H groups in total. The number of aromatic nitrogens is 2. The molecule has 0 radical (unpaired) electrons. The summed E-state index contributed by atoms with van der Waals surface area (Å²) in [5, 5.41) is 13.1. The number of aliphatic hydroxyl groups is 1. The van der Waals surface area contributed by atoms with Gasteiger partial charge in [-0.1, -0.05) is 46.9 Å². The summed E-state index contributed by atoms with van der Waals surface area (Å²) < 4.78 is 5.19. The van der Waals surface area contributed by atoms with Crippen molar-refractivity contribution in [1.82, 2.24) is 14.9 Å². The maximum absolute atomic E-state index is 11.2. The third-order valence-corrected chi connectivity index (χ3v) is 6.58. The number of anilines is 1. The fourth-order valence-electron chi connectivity index (χ4n) is 4.18. The number of piperazine rings is 1. The van der Waals surface area contributed by atoms with Gasteiger partial charge in [-0.3, -0.25) is 4.90 Å². The lowest BCUT2D eigenvalue weighted by molar-refractivity contribution is 0.00252. The molecule has 0 saturated carbocycles. The molecule has 2 atom stereocenters. The molecule has 0 amide bonds. The number of β-amino-alcohol motifs (C(OH)–C–C–N with tert-alkyl or cyclic N) is 1. The lowest BCUT2D eigenvalue weighted by Gasteiger charge is -2.45. The van der Waals surface area contributed by atoms with Crippen LogP contribution in [0.25, 0.3) is 0 Å². The van der Waals surface area contributed by atoms with Crippen LogP contribution in [0.3, 0.4) is 0 Å². The van der Waals surface area contributed by atoms with E-state index >= 15 is 0 Å². The van der Waals surface area contributed by atoms with Crippen molar-refractivity contribution in [1.29, 1.82) is 0 Å². The molecule has 6 nitrogen and oxygen atoms in total. The highest BCUT2D eigenvalue weighted by atomic mass is 35.5. The van der Waals surface area contributed by atoms with Crippen molar-refractivity contribution in [2.75, 3.05) is 38.2 Å². The molecule has 1 fully saturated rings. The van der Waals surface area contributed by atoms with Gasteiger partial charge in [0.2, 0.25) is 5.88 Å². The van der Waals surface area contributed by atoms with E-state index in [-0.39, 0.29) is 6.04 Å². The summed E-state index contributed by atoms with van der Waals surface area (Å²) in [6, 6.07) is 15.0. The van der Waals surface area contributed by atoms with Gasteiger partial charge in [0, 0.05) is 48.5 Å². The number of methoxy groups -OCH3 is 1. The van der Waals surface area contributed by atoms with E-state index in [0.717, 1.165) is 17.8 Å². The Morgan fingerprint density at radius 2 is 1.79 bits per heavy atom. The second-order valence-electron chi connectivity index (χ2n) is 8.29. The zero-order valence-electron chi connectivity index (χ0n) is 18.4. The Labute approximate surface area is 208 Å². The number of hydrogen-bond acceptors (Lipinski definition) is 6. The minimum Gasteiger partial charge on any atom is -0.481 e. The summed E-state index contributed by atoms with van der Waals surface area (Å²) in [4.78, 5) is 13.1. The number of hydrogen-bond donors (Lipinski definition) is 1. The van der Waals surface area contributed by atoms with Gasteiger partial charge >= 0.3 is 0 Å². The predicted molar refractivity (Wildman–Crippen MR) is 133 cm³/mol. The molecule has 1 saturated heterocycles. The van der Waals surface area contributed by atoms with Crippen molar-refractivity contribution < 1.29 is 9.84 Å². The maximum atomic E-state index is 11.2. The second-order valence-corrected chi connectivity index (χ2v) is 9.57. The van der Waals surface area contributed by atoms with Gasteiger partial charge in [-0.2, -0.15) is 4.98 Å². The summed E-state index contributed by atoms with van der Waals surface area (Å²) >= 11 is 18.8. The number of halogens is 3. The van der Waals surface area contributed by atoms with E-state index in [4.69, 9.17) is 39.5 Å². The van der Waals surface area contributed by atoms with Crippen molar-refractivity contribution in [3.8, 4) is 5.88 Å². The quantitative estimate of drug-likeness (QED) is 0.494. The highest BCUT2D eigenvalue weighted by Gasteiger charge is 2.35. The van der Waals surface area contributed by atoms with Gasteiger partial charge in [-0.05, 0) is 42.8 Å². The third kappa shape index (κ3) is 5.53. The Morgan fingerprint density at radius 3 is 2.48 bits per heavy atom.